The summed E-state index contributed by atoms with van der Waals surface area (Å²) >= 11 is 0. The molecule has 0 aliphatic heterocycles. The van der Waals surface area contributed by atoms with E-state index in [4.69, 9.17) is 4.74 Å². The summed E-state index contributed by atoms with van der Waals surface area (Å²) in [5, 5.41) is 10.4. The van der Waals surface area contributed by atoms with Gasteiger partial charge in [0.05, 0.1) is 6.20 Å². The minimum Gasteiger partial charge on any atom is -0.487 e. The Balaban J connectivity index is 1.80. The highest BCUT2D eigenvalue weighted by atomic mass is 19.3. The van der Waals surface area contributed by atoms with Crippen LogP contribution in [-0.4, -0.2) is 10.1 Å². The maximum absolute atomic E-state index is 14.9. The summed E-state index contributed by atoms with van der Waals surface area (Å²) in [5.41, 5.74) is -4.04. The Bertz CT molecular complexity index is 1010. The maximum Gasteiger partial charge on any atom is 0.321 e. The predicted molar refractivity (Wildman–Crippen MR) is 94.8 cm³/mol. The molecule has 1 unspecified atom stereocenters. The number of pyridine rings is 1. The van der Waals surface area contributed by atoms with Gasteiger partial charge in [0.1, 0.15) is 35.5 Å². The van der Waals surface area contributed by atoms with Crippen LogP contribution in [0.3, 0.4) is 0 Å². The molecule has 3 aromatic rings. The third-order valence-corrected chi connectivity index (χ3v) is 4.42. The van der Waals surface area contributed by atoms with Gasteiger partial charge in [0, 0.05) is 11.6 Å². The Labute approximate surface area is 163 Å². The fourth-order valence-corrected chi connectivity index (χ4v) is 2.75. The summed E-state index contributed by atoms with van der Waals surface area (Å²) in [6, 6.07) is 9.76. The van der Waals surface area contributed by atoms with Crippen LogP contribution in [0.1, 0.15) is 23.7 Å². The van der Waals surface area contributed by atoms with E-state index >= 15 is 0 Å². The number of hydrogen-bond donors (Lipinski definition) is 1. The second-order valence-corrected chi connectivity index (χ2v) is 6.57. The van der Waals surface area contributed by atoms with E-state index in [0.717, 1.165) is 31.3 Å². The highest BCUT2D eigenvalue weighted by Gasteiger charge is 2.54. The molecule has 1 heterocycles. The zero-order valence-corrected chi connectivity index (χ0v) is 15.2. The molecule has 152 valence electrons. The smallest absolute Gasteiger partial charge is 0.321 e. The number of alkyl halides is 2. The molecule has 0 saturated carbocycles. The van der Waals surface area contributed by atoms with Gasteiger partial charge in [0.2, 0.25) is 0 Å². The van der Waals surface area contributed by atoms with Gasteiger partial charge in [0.15, 0.2) is 5.60 Å². The number of nitrogens with zero attached hydrogens (tertiary/aromatic N) is 1. The molecule has 29 heavy (non-hydrogen) atoms. The van der Waals surface area contributed by atoms with E-state index in [2.05, 4.69) is 4.98 Å². The lowest BCUT2D eigenvalue weighted by Crippen LogP contribution is -2.42. The maximum atomic E-state index is 14.9. The number of ether oxygens (including phenoxy) is 1. The van der Waals surface area contributed by atoms with E-state index in [1.807, 2.05) is 0 Å². The lowest BCUT2D eigenvalue weighted by molar-refractivity contribution is -0.189. The number of halogens is 5. The van der Waals surface area contributed by atoms with Gasteiger partial charge in [0.25, 0.3) is 0 Å². The zero-order valence-electron chi connectivity index (χ0n) is 15.2. The van der Waals surface area contributed by atoms with E-state index in [1.54, 1.807) is 6.07 Å². The molecule has 0 saturated heterocycles. The van der Waals surface area contributed by atoms with Crippen molar-refractivity contribution in [2.24, 2.45) is 0 Å². The first-order valence-corrected chi connectivity index (χ1v) is 8.51. The van der Waals surface area contributed by atoms with E-state index in [0.29, 0.717) is 11.6 Å². The molecule has 1 atom stereocenters. The molecule has 1 aromatic heterocycles. The fraction of sp³-hybridized carbons (Fsp3) is 0.190. The predicted octanol–water partition coefficient (Wildman–Crippen LogP) is 5.08. The topological polar surface area (TPSA) is 42.4 Å². The van der Waals surface area contributed by atoms with E-state index in [-0.39, 0.29) is 12.4 Å². The Morgan fingerprint density at radius 1 is 0.966 bits per heavy atom. The summed E-state index contributed by atoms with van der Waals surface area (Å²) in [5.74, 6) is -6.55. The van der Waals surface area contributed by atoms with E-state index < -0.39 is 40.2 Å². The monoisotopic (exact) mass is 409 g/mol. The highest BCUT2D eigenvalue weighted by Crippen LogP contribution is 2.45. The molecule has 0 aliphatic rings. The van der Waals surface area contributed by atoms with Crippen molar-refractivity contribution in [3.05, 3.63) is 95.1 Å². The second-order valence-electron chi connectivity index (χ2n) is 6.57. The SMILES string of the molecule is CC(O)(c1ccc(F)cc1F)C(F)(F)c1ccc(OCc2cccc(F)c2)cn1. The first-order chi connectivity index (χ1) is 13.6. The number of aromatic nitrogens is 1. The van der Waals surface area contributed by atoms with Crippen LogP contribution >= 0.6 is 0 Å². The van der Waals surface area contributed by atoms with Gasteiger partial charge in [-0.15, -0.1) is 0 Å². The number of rotatable bonds is 6. The molecule has 3 nitrogen and oxygen atoms in total. The number of hydrogen-bond acceptors (Lipinski definition) is 3. The molecular weight excluding hydrogens is 393 g/mol. The van der Waals surface area contributed by atoms with Crippen LogP contribution in [0.25, 0.3) is 0 Å². The van der Waals surface area contributed by atoms with Crippen molar-refractivity contribution in [3.8, 4) is 5.75 Å². The molecule has 3 rings (SSSR count). The largest absolute Gasteiger partial charge is 0.487 e. The van der Waals surface area contributed by atoms with Crippen molar-refractivity contribution >= 4 is 0 Å². The van der Waals surface area contributed by atoms with Crippen molar-refractivity contribution in [1.29, 1.82) is 0 Å². The van der Waals surface area contributed by atoms with Crippen molar-refractivity contribution in [1.82, 2.24) is 4.98 Å². The first-order valence-electron chi connectivity index (χ1n) is 8.51. The van der Waals surface area contributed by atoms with Crippen LogP contribution in [0.4, 0.5) is 22.0 Å². The summed E-state index contributed by atoms with van der Waals surface area (Å²) in [6.45, 7) is 0.715. The third kappa shape index (κ3) is 4.22. The number of aliphatic hydroxyl groups is 1. The molecule has 1 N–H and O–H groups in total. The molecule has 0 amide bonds. The minimum atomic E-state index is -3.99. The van der Waals surface area contributed by atoms with Gasteiger partial charge in [-0.25, -0.2) is 13.2 Å². The fourth-order valence-electron chi connectivity index (χ4n) is 2.75. The molecule has 0 fully saturated rings. The normalized spacial score (nSPS) is 13.8. The first kappa shape index (κ1) is 20.7. The number of benzene rings is 2. The molecule has 0 bridgehead atoms. The van der Waals surface area contributed by atoms with Crippen molar-refractivity contribution in [2.75, 3.05) is 0 Å². The standard InChI is InChI=1S/C21H16F5NO2/c1-20(28,17-7-5-15(23)10-18(17)24)21(25,26)19-8-6-16(11-27-19)29-12-13-3-2-4-14(22)9-13/h2-11,28H,12H2,1H3. The average molecular weight is 409 g/mol. The van der Waals surface area contributed by atoms with Crippen molar-refractivity contribution < 1.29 is 31.8 Å². The lowest BCUT2D eigenvalue weighted by Gasteiger charge is -2.32. The van der Waals surface area contributed by atoms with Crippen LogP contribution in [0.5, 0.6) is 5.75 Å². The molecular formula is C21H16F5NO2. The average Bonchev–Trinajstić information content (AvgIpc) is 2.66. The molecule has 2 aromatic carbocycles. The van der Waals surface area contributed by atoms with Gasteiger partial charge >= 0.3 is 5.92 Å². The van der Waals surface area contributed by atoms with Crippen LogP contribution in [0, 0.1) is 17.5 Å². The Kier molecular flexibility index (Phi) is 5.57. The van der Waals surface area contributed by atoms with Gasteiger partial charge in [-0.3, -0.25) is 4.98 Å². The molecule has 0 spiro atoms. The summed E-state index contributed by atoms with van der Waals surface area (Å²) in [4.78, 5) is 3.61. The van der Waals surface area contributed by atoms with Crippen LogP contribution in [0.2, 0.25) is 0 Å². The lowest BCUT2D eigenvalue weighted by atomic mass is 9.86. The highest BCUT2D eigenvalue weighted by molar-refractivity contribution is 5.31. The summed E-state index contributed by atoms with van der Waals surface area (Å²) < 4.78 is 75.3. The van der Waals surface area contributed by atoms with Gasteiger partial charge in [-0.1, -0.05) is 18.2 Å². The van der Waals surface area contributed by atoms with Crippen LogP contribution < -0.4 is 4.74 Å². The Hall–Kier alpha value is -3.00. The molecule has 8 heteroatoms. The quantitative estimate of drug-likeness (QED) is 0.578. The third-order valence-electron chi connectivity index (χ3n) is 4.42. The van der Waals surface area contributed by atoms with Crippen molar-refractivity contribution in [2.45, 2.75) is 25.1 Å². The van der Waals surface area contributed by atoms with Gasteiger partial charge in [-0.05, 0) is 42.8 Å². The van der Waals surface area contributed by atoms with Gasteiger partial charge < -0.3 is 9.84 Å². The van der Waals surface area contributed by atoms with Crippen LogP contribution in [0.15, 0.2) is 60.8 Å². The summed E-state index contributed by atoms with van der Waals surface area (Å²) in [7, 11) is 0. The Morgan fingerprint density at radius 2 is 1.69 bits per heavy atom. The van der Waals surface area contributed by atoms with E-state index in [9.17, 15) is 27.1 Å². The van der Waals surface area contributed by atoms with Crippen molar-refractivity contribution in [3.63, 3.8) is 0 Å². The van der Waals surface area contributed by atoms with Gasteiger partial charge in [-0.2, -0.15) is 8.78 Å². The summed E-state index contributed by atoms with van der Waals surface area (Å²) in [6.07, 6.45) is 1.01. The molecule has 0 radical (unpaired) electrons. The van der Waals surface area contributed by atoms with Crippen LogP contribution in [-0.2, 0) is 18.1 Å². The molecule has 0 aliphatic carbocycles. The van der Waals surface area contributed by atoms with E-state index in [1.165, 1.54) is 24.3 Å². The Morgan fingerprint density at radius 3 is 2.31 bits per heavy atom. The second kappa shape index (κ2) is 7.79. The zero-order chi connectivity index (χ0) is 21.2. The minimum absolute atomic E-state index is 0.00626.